The van der Waals surface area contributed by atoms with E-state index in [0.29, 0.717) is 5.56 Å². The van der Waals surface area contributed by atoms with Crippen molar-refractivity contribution < 1.29 is 4.79 Å². The van der Waals surface area contributed by atoms with Gasteiger partial charge >= 0.3 is 0 Å². The Balaban J connectivity index is 0.00000320. The van der Waals surface area contributed by atoms with Crippen molar-refractivity contribution in [2.45, 2.75) is 26.2 Å². The summed E-state index contributed by atoms with van der Waals surface area (Å²) in [6.07, 6.45) is 3.48. The summed E-state index contributed by atoms with van der Waals surface area (Å²) in [5.41, 5.74) is 4.41. The van der Waals surface area contributed by atoms with Gasteiger partial charge in [-0.15, -0.1) is 12.4 Å². The van der Waals surface area contributed by atoms with E-state index in [1.807, 2.05) is 60.7 Å². The van der Waals surface area contributed by atoms with Crippen LogP contribution in [0.1, 0.15) is 36.7 Å². The Morgan fingerprint density at radius 3 is 2.10 bits per heavy atom. The highest BCUT2D eigenvalue weighted by atomic mass is 35.5. The number of pyridine rings is 1. The van der Waals surface area contributed by atoms with Gasteiger partial charge < -0.3 is 10.6 Å². The zero-order valence-electron chi connectivity index (χ0n) is 17.1. The molecule has 7 heteroatoms. The molecular weight excluding hydrogens is 416 g/mol. The Hall–Kier alpha value is -2.96. The lowest BCUT2D eigenvalue weighted by Gasteiger charge is -2.19. The van der Waals surface area contributed by atoms with Crippen molar-refractivity contribution in [2.24, 2.45) is 0 Å². The topological polar surface area (TPSA) is 66.1 Å². The molecule has 0 unspecified atom stereocenters. The van der Waals surface area contributed by atoms with E-state index in [4.69, 9.17) is 12.2 Å². The highest BCUT2D eigenvalue weighted by Gasteiger charge is 2.14. The van der Waals surface area contributed by atoms with Crippen LogP contribution in [0.3, 0.4) is 0 Å². The molecule has 0 aliphatic heterocycles. The minimum atomic E-state index is -0.238. The second-order valence-corrected chi connectivity index (χ2v) is 8.09. The van der Waals surface area contributed by atoms with Gasteiger partial charge in [-0.2, -0.15) is 0 Å². The average Bonchev–Trinajstić information content (AvgIpc) is 2.69. The molecule has 1 amide bonds. The molecule has 3 N–H and O–H groups in total. The van der Waals surface area contributed by atoms with Gasteiger partial charge in [0.25, 0.3) is 5.91 Å². The molecular formula is C23H25ClN4OS. The van der Waals surface area contributed by atoms with Crippen LogP contribution in [-0.2, 0) is 5.41 Å². The first kappa shape index (κ1) is 23.3. The molecule has 0 atom stereocenters. The second kappa shape index (κ2) is 10.2. The predicted octanol–water partition coefficient (Wildman–Crippen LogP) is 5.67. The lowest BCUT2D eigenvalue weighted by molar-refractivity contribution is 0.0977. The normalized spacial score (nSPS) is 10.5. The maximum atomic E-state index is 12.4. The molecule has 1 aromatic heterocycles. The molecule has 0 aliphatic rings. The van der Waals surface area contributed by atoms with Crippen LogP contribution in [0.5, 0.6) is 0 Å². The number of halogens is 1. The van der Waals surface area contributed by atoms with Crippen LogP contribution in [0.15, 0.2) is 73.1 Å². The molecule has 156 valence electrons. The van der Waals surface area contributed by atoms with Crippen LogP contribution < -0.4 is 16.0 Å². The molecule has 0 fully saturated rings. The maximum Gasteiger partial charge on any atom is 0.257 e. The summed E-state index contributed by atoms with van der Waals surface area (Å²) >= 11 is 5.27. The van der Waals surface area contributed by atoms with Gasteiger partial charge in [0.1, 0.15) is 0 Å². The number of hydrogen-bond donors (Lipinski definition) is 3. The van der Waals surface area contributed by atoms with Crippen molar-refractivity contribution in [3.05, 3.63) is 84.2 Å². The van der Waals surface area contributed by atoms with E-state index in [2.05, 4.69) is 41.7 Å². The van der Waals surface area contributed by atoms with Crippen LogP contribution in [0.2, 0.25) is 0 Å². The fraction of sp³-hybridized carbons (Fsp3) is 0.174. The highest BCUT2D eigenvalue weighted by molar-refractivity contribution is 7.80. The van der Waals surface area contributed by atoms with E-state index >= 15 is 0 Å². The van der Waals surface area contributed by atoms with Crippen molar-refractivity contribution in [1.29, 1.82) is 0 Å². The molecule has 30 heavy (non-hydrogen) atoms. The third-order valence-corrected chi connectivity index (χ3v) is 4.54. The minimum absolute atomic E-state index is 0. The molecule has 1 heterocycles. The number of carbonyl (C=O) groups is 1. The lowest BCUT2D eigenvalue weighted by atomic mass is 9.87. The van der Waals surface area contributed by atoms with Gasteiger partial charge in [0.15, 0.2) is 5.11 Å². The van der Waals surface area contributed by atoms with Gasteiger partial charge in [-0.25, -0.2) is 0 Å². The van der Waals surface area contributed by atoms with Gasteiger partial charge in [0.2, 0.25) is 0 Å². The number of rotatable bonds is 4. The first-order valence-corrected chi connectivity index (χ1v) is 9.72. The molecule has 0 radical (unpaired) electrons. The van der Waals surface area contributed by atoms with Gasteiger partial charge in [0, 0.05) is 23.1 Å². The van der Waals surface area contributed by atoms with Crippen LogP contribution in [-0.4, -0.2) is 16.0 Å². The van der Waals surface area contributed by atoms with Crippen LogP contribution in [0, 0.1) is 0 Å². The standard InChI is InChI=1S/C23H24N4OS.ClH/c1-23(2,3)17-8-6-16(7-9-17)21(28)27-22(29)26-19-12-10-18(11-13-19)25-20-5-4-14-24-15-20;/h4-15,25H,1-3H3,(H2,26,27,28,29);1H. The van der Waals surface area contributed by atoms with E-state index < -0.39 is 0 Å². The van der Waals surface area contributed by atoms with E-state index in [-0.39, 0.29) is 28.8 Å². The third kappa shape index (κ3) is 6.54. The van der Waals surface area contributed by atoms with Gasteiger partial charge in [-0.3, -0.25) is 15.1 Å². The first-order valence-electron chi connectivity index (χ1n) is 9.31. The zero-order valence-corrected chi connectivity index (χ0v) is 18.7. The summed E-state index contributed by atoms with van der Waals surface area (Å²) in [5, 5.41) is 9.26. The third-order valence-electron chi connectivity index (χ3n) is 4.33. The summed E-state index contributed by atoms with van der Waals surface area (Å²) < 4.78 is 0. The van der Waals surface area contributed by atoms with Gasteiger partial charge in [-0.1, -0.05) is 32.9 Å². The summed E-state index contributed by atoms with van der Waals surface area (Å²) in [4.78, 5) is 16.5. The number of hydrogen-bond acceptors (Lipinski definition) is 4. The monoisotopic (exact) mass is 440 g/mol. The van der Waals surface area contributed by atoms with Crippen molar-refractivity contribution in [3.63, 3.8) is 0 Å². The summed E-state index contributed by atoms with van der Waals surface area (Å²) in [5.74, 6) is -0.238. The van der Waals surface area contributed by atoms with Gasteiger partial charge in [0.05, 0.1) is 11.9 Å². The number of nitrogens with one attached hydrogen (secondary N) is 3. The Bertz CT molecular complexity index is 984. The quantitative estimate of drug-likeness (QED) is 0.456. The molecule has 0 aliphatic carbocycles. The minimum Gasteiger partial charge on any atom is -0.354 e. The molecule has 2 aromatic carbocycles. The molecule has 3 aromatic rings. The van der Waals surface area contributed by atoms with Crippen molar-refractivity contribution >= 4 is 52.7 Å². The molecule has 0 saturated carbocycles. The van der Waals surface area contributed by atoms with Crippen molar-refractivity contribution in [1.82, 2.24) is 10.3 Å². The predicted molar refractivity (Wildman–Crippen MR) is 130 cm³/mol. The Labute approximate surface area is 188 Å². The van der Waals surface area contributed by atoms with Crippen molar-refractivity contribution in [3.8, 4) is 0 Å². The second-order valence-electron chi connectivity index (χ2n) is 7.68. The van der Waals surface area contributed by atoms with E-state index in [1.54, 1.807) is 12.4 Å². The molecule has 5 nitrogen and oxygen atoms in total. The molecule has 0 spiro atoms. The van der Waals surface area contributed by atoms with Crippen LogP contribution in [0.25, 0.3) is 0 Å². The smallest absolute Gasteiger partial charge is 0.257 e. The fourth-order valence-corrected chi connectivity index (χ4v) is 2.91. The van der Waals surface area contributed by atoms with E-state index in [1.165, 1.54) is 5.56 Å². The number of benzene rings is 2. The Kier molecular flexibility index (Phi) is 7.92. The number of anilines is 3. The molecule has 3 rings (SSSR count). The Morgan fingerprint density at radius 1 is 0.900 bits per heavy atom. The average molecular weight is 441 g/mol. The number of nitrogens with zero attached hydrogens (tertiary/aromatic N) is 1. The first-order chi connectivity index (χ1) is 13.8. The fourth-order valence-electron chi connectivity index (χ4n) is 2.70. The number of carbonyl (C=O) groups excluding carboxylic acids is 1. The summed E-state index contributed by atoms with van der Waals surface area (Å²) in [6.45, 7) is 6.41. The van der Waals surface area contributed by atoms with Crippen LogP contribution >= 0.6 is 24.6 Å². The van der Waals surface area contributed by atoms with E-state index in [0.717, 1.165) is 17.1 Å². The SMILES string of the molecule is CC(C)(C)c1ccc(C(=O)NC(=S)Nc2ccc(Nc3cccnc3)cc2)cc1.Cl. The summed E-state index contributed by atoms with van der Waals surface area (Å²) in [6, 6.07) is 19.0. The van der Waals surface area contributed by atoms with Crippen molar-refractivity contribution in [2.75, 3.05) is 10.6 Å². The number of amides is 1. The van der Waals surface area contributed by atoms with Gasteiger partial charge in [-0.05, 0) is 71.7 Å². The molecule has 0 saturated heterocycles. The highest BCUT2D eigenvalue weighted by Crippen LogP contribution is 2.22. The largest absolute Gasteiger partial charge is 0.354 e. The molecule has 0 bridgehead atoms. The Morgan fingerprint density at radius 2 is 1.53 bits per heavy atom. The zero-order chi connectivity index (χ0) is 20.9. The van der Waals surface area contributed by atoms with E-state index in [9.17, 15) is 4.79 Å². The number of aromatic nitrogens is 1. The lowest BCUT2D eigenvalue weighted by Crippen LogP contribution is -2.34. The van der Waals surface area contributed by atoms with Crippen LogP contribution in [0.4, 0.5) is 17.1 Å². The summed E-state index contributed by atoms with van der Waals surface area (Å²) in [7, 11) is 0. The number of thiocarbonyl (C=S) groups is 1. The maximum absolute atomic E-state index is 12.4.